The van der Waals surface area contributed by atoms with Gasteiger partial charge in [0.1, 0.15) is 0 Å². The summed E-state index contributed by atoms with van der Waals surface area (Å²) in [6.07, 6.45) is 0. The Labute approximate surface area is 558 Å². The van der Waals surface area contributed by atoms with Crippen LogP contribution in [0.5, 0.6) is 0 Å². The molecule has 9 aromatic rings. The minimum Gasteiger partial charge on any atom is -0.0683 e. The van der Waals surface area contributed by atoms with E-state index in [1.54, 1.807) is 0 Å². The Morgan fingerprint density at radius 3 is 0.611 bits per heavy atom. The molecule has 0 fully saturated rings. The second-order valence-electron chi connectivity index (χ2n) is 30.6. The number of rotatable bonds is 3. The molecule has 0 unspecified atom stereocenters. The molecule has 0 saturated carbocycles. The third-order valence-electron chi connectivity index (χ3n) is 10.6. The second kappa shape index (κ2) is 47.0. The number of aryl methyl sites for hydroxylation is 4. The van der Waals surface area contributed by atoms with E-state index in [-0.39, 0.29) is 10.8 Å². The molecule has 90 heavy (non-hydrogen) atoms. The van der Waals surface area contributed by atoms with Gasteiger partial charge in [0, 0.05) is 0 Å². The van der Waals surface area contributed by atoms with Gasteiger partial charge in [-0.3, -0.25) is 0 Å². The van der Waals surface area contributed by atoms with Gasteiger partial charge in [-0.2, -0.15) is 0 Å². The van der Waals surface area contributed by atoms with Gasteiger partial charge in [-0.05, 0) is 105 Å². The van der Waals surface area contributed by atoms with Crippen LogP contribution in [0.4, 0.5) is 0 Å². The summed E-state index contributed by atoms with van der Waals surface area (Å²) in [6, 6.07) is 88.3. The predicted molar refractivity (Wildman–Crippen MR) is 415 cm³/mol. The molecule has 0 atom stereocenters. The van der Waals surface area contributed by atoms with Crippen LogP contribution in [0.1, 0.15) is 213 Å². The minimum absolute atomic E-state index is 0.227. The molecule has 0 aromatic heterocycles. The molecule has 0 aliphatic heterocycles. The van der Waals surface area contributed by atoms with Gasteiger partial charge < -0.3 is 0 Å². The van der Waals surface area contributed by atoms with E-state index in [0.29, 0.717) is 21.7 Å². The van der Waals surface area contributed by atoms with Crippen molar-refractivity contribution in [2.45, 2.75) is 219 Å². The first kappa shape index (κ1) is 87.2. The van der Waals surface area contributed by atoms with E-state index >= 15 is 0 Å². The van der Waals surface area contributed by atoms with E-state index in [4.69, 9.17) is 0 Å². The summed E-state index contributed by atoms with van der Waals surface area (Å²) in [5, 5.41) is 0. The van der Waals surface area contributed by atoms with Gasteiger partial charge in [-0.25, -0.2) is 0 Å². The smallest absolute Gasteiger partial charge is 0.0132 e. The molecule has 0 saturated heterocycles. The number of benzene rings is 9. The van der Waals surface area contributed by atoms with E-state index in [1.807, 2.05) is 100 Å². The maximum atomic E-state index is 2.25. The zero-order chi connectivity index (χ0) is 69.6. The van der Waals surface area contributed by atoms with Crippen LogP contribution in [-0.2, 0) is 10.8 Å². The highest BCUT2D eigenvalue weighted by Crippen LogP contribution is 2.27. The first-order valence-electron chi connectivity index (χ1n) is 33.2. The lowest BCUT2D eigenvalue weighted by Crippen LogP contribution is -2.10. The second-order valence-corrected chi connectivity index (χ2v) is 30.6. The highest BCUT2D eigenvalue weighted by Gasteiger charge is 2.14. The average Bonchev–Trinajstić information content (AvgIpc) is 3.42. The zero-order valence-corrected chi connectivity index (χ0v) is 63.2. The molecule has 0 heterocycles. The van der Waals surface area contributed by atoms with Gasteiger partial charge in [0.25, 0.3) is 0 Å². The van der Waals surface area contributed by atoms with E-state index in [9.17, 15) is 0 Å². The van der Waals surface area contributed by atoms with E-state index < -0.39 is 0 Å². The Morgan fingerprint density at radius 2 is 0.367 bits per heavy atom. The van der Waals surface area contributed by atoms with Crippen molar-refractivity contribution < 1.29 is 0 Å². The quantitative estimate of drug-likeness (QED) is 0.165. The molecule has 0 spiro atoms. The normalized spacial score (nSPS) is 10.3. The molecular weight excluding hydrogens is 1080 g/mol. The molecule has 0 aliphatic rings. The fourth-order valence-electron chi connectivity index (χ4n) is 6.66. The van der Waals surface area contributed by atoms with Crippen molar-refractivity contribution in [1.29, 1.82) is 0 Å². The maximum Gasteiger partial charge on any atom is -0.0132 e. The largest absolute Gasteiger partial charge is 0.0683 e. The molecule has 492 valence electrons. The lowest BCUT2D eigenvalue weighted by Gasteiger charge is -2.19. The van der Waals surface area contributed by atoms with Crippen LogP contribution in [0.25, 0.3) is 33.4 Å². The third-order valence-corrected chi connectivity index (χ3v) is 10.6. The van der Waals surface area contributed by atoms with Crippen molar-refractivity contribution in [3.8, 4) is 33.4 Å². The molecular formula is C90H132. The first-order chi connectivity index (χ1) is 41.7. The first-order valence-corrected chi connectivity index (χ1v) is 33.2. The zero-order valence-electron chi connectivity index (χ0n) is 63.2. The molecule has 0 nitrogen and oxygen atoms in total. The van der Waals surface area contributed by atoms with Crippen LogP contribution < -0.4 is 0 Å². The molecule has 0 radical (unpaired) electrons. The fraction of sp³-hybridized carbons (Fsp3) is 0.400. The SMILES string of the molecule is CC.CC.CC(C)(C)C.CC(C)(C)C.CC(C)(C)C.CC(C)(C)C.Cc1ccc(-c2ccccc2)cc1.Cc1cccc(-c2ccc(C(C)(C)C)cc2)c1.Cc1cccc(C(C)(C)C)c1.Cc1ccccc1.c1ccc(-c2ccccc2)cc1.c1ccccc1. The summed E-state index contributed by atoms with van der Waals surface area (Å²) >= 11 is 0. The van der Waals surface area contributed by atoms with Crippen LogP contribution >= 0.6 is 0 Å². The summed E-state index contributed by atoms with van der Waals surface area (Å²) < 4.78 is 0. The molecule has 0 amide bonds. The van der Waals surface area contributed by atoms with E-state index in [0.717, 1.165) is 0 Å². The third kappa shape index (κ3) is 57.4. The summed E-state index contributed by atoms with van der Waals surface area (Å²) in [4.78, 5) is 0. The van der Waals surface area contributed by atoms with Crippen molar-refractivity contribution in [3.05, 3.63) is 288 Å². The Hall–Kier alpha value is -7.02. The van der Waals surface area contributed by atoms with Crippen LogP contribution in [0, 0.1) is 49.4 Å². The number of hydrogen-bond donors (Lipinski definition) is 0. The van der Waals surface area contributed by atoms with Gasteiger partial charge in [0.2, 0.25) is 0 Å². The Bertz CT molecular complexity index is 2880. The monoisotopic (exact) mass is 1210 g/mol. The lowest BCUT2D eigenvalue weighted by atomic mass is 9.86. The molecule has 0 heteroatoms. The van der Waals surface area contributed by atoms with Crippen LogP contribution in [0.2, 0.25) is 0 Å². The lowest BCUT2D eigenvalue weighted by molar-refractivity contribution is 0.469. The van der Waals surface area contributed by atoms with Crippen molar-refractivity contribution in [3.63, 3.8) is 0 Å². The highest BCUT2D eigenvalue weighted by atomic mass is 14.2. The summed E-state index contributed by atoms with van der Waals surface area (Å²) in [5.41, 5.74) is 18.3. The average molecular weight is 1210 g/mol. The fourth-order valence-corrected chi connectivity index (χ4v) is 6.66. The van der Waals surface area contributed by atoms with Gasteiger partial charge in [0.15, 0.2) is 0 Å². The van der Waals surface area contributed by atoms with Crippen molar-refractivity contribution in [2.24, 2.45) is 21.7 Å². The topological polar surface area (TPSA) is 0 Å². The molecule has 9 rings (SSSR count). The Morgan fingerprint density at radius 1 is 0.167 bits per heavy atom. The molecule has 0 N–H and O–H groups in total. The summed E-state index contributed by atoms with van der Waals surface area (Å²) in [5.74, 6) is 0. The molecule has 0 bridgehead atoms. The maximum absolute atomic E-state index is 2.25. The van der Waals surface area contributed by atoms with Crippen molar-refractivity contribution >= 4 is 0 Å². The van der Waals surface area contributed by atoms with Gasteiger partial charge in [-0.1, -0.05) is 457 Å². The van der Waals surface area contributed by atoms with Gasteiger partial charge in [-0.15, -0.1) is 0 Å². The highest BCUT2D eigenvalue weighted by molar-refractivity contribution is 5.65. The predicted octanol–water partition coefficient (Wildman–Crippen LogP) is 29.2. The van der Waals surface area contributed by atoms with Gasteiger partial charge in [0.05, 0.1) is 0 Å². The van der Waals surface area contributed by atoms with Gasteiger partial charge >= 0.3 is 0 Å². The summed E-state index contributed by atoms with van der Waals surface area (Å²) in [7, 11) is 0. The van der Waals surface area contributed by atoms with Crippen molar-refractivity contribution in [2.75, 3.05) is 0 Å². The van der Waals surface area contributed by atoms with Crippen molar-refractivity contribution in [1.82, 2.24) is 0 Å². The Kier molecular flexibility index (Phi) is 45.5. The van der Waals surface area contributed by atoms with E-state index in [1.165, 1.54) is 66.8 Å². The van der Waals surface area contributed by atoms with Crippen LogP contribution in [0.3, 0.4) is 0 Å². The van der Waals surface area contributed by atoms with Crippen LogP contribution in [0.15, 0.2) is 255 Å². The Balaban J connectivity index is -0.000000958. The minimum atomic E-state index is 0.227. The number of hydrogen-bond acceptors (Lipinski definition) is 0. The molecule has 9 aromatic carbocycles. The molecule has 0 aliphatic carbocycles. The van der Waals surface area contributed by atoms with E-state index in [2.05, 4.69) is 362 Å². The van der Waals surface area contributed by atoms with Crippen LogP contribution in [-0.4, -0.2) is 0 Å². The summed E-state index contributed by atoms with van der Waals surface area (Å²) in [6.45, 7) is 64.9. The standard InChI is InChI=1S/C17H20.C13H12.C12H10.C11H16.C7H8.C6H6.4C5H12.2C2H6/c1-13-6-5-7-15(12-13)14-8-10-16(11-9-14)17(2,3)4;1-11-7-9-13(10-8-11)12-5-3-2-4-6-12;1-3-7-11(8-4-1)12-9-5-2-6-10-12;1-9-6-5-7-10(8-9)11(2,3)4;1-7-5-3-2-4-6-7;1-2-4-6-5-3-1;4*1-5(2,3)4;2*1-2/h5-12H,1-4H3;2-10H,1H3;1-10H;5-8H,1-4H3;2-6H,1H3;1-6H;4*1-4H3;2*1-2H3.